The third kappa shape index (κ3) is 13.9. The largest absolute Gasteiger partial charge is 0.488 e. The Hall–Kier alpha value is -5.49. The topological polar surface area (TPSA) is 142 Å². The van der Waals surface area contributed by atoms with Gasteiger partial charge in [-0.2, -0.15) is 0 Å². The highest BCUT2D eigenvalue weighted by Crippen LogP contribution is 2.24. The third-order valence-electron chi connectivity index (χ3n) is 8.36. The molecule has 282 valence electrons. The highest BCUT2D eigenvalue weighted by molar-refractivity contribution is 6.00. The molecule has 1 N–H and O–H groups in total. The fraction of sp³-hybridized carbons (Fsp3) is 0.390. The lowest BCUT2D eigenvalue weighted by Crippen LogP contribution is -2.46. The molecule has 1 aliphatic rings. The monoisotopic (exact) mass is 727 g/mol. The first-order valence-corrected chi connectivity index (χ1v) is 18.0. The second-order valence-electron chi connectivity index (χ2n) is 12.4. The van der Waals surface area contributed by atoms with E-state index in [0.717, 1.165) is 11.1 Å². The fourth-order valence-corrected chi connectivity index (χ4v) is 5.46. The lowest BCUT2D eigenvalue weighted by Gasteiger charge is -2.23. The molecule has 0 saturated heterocycles. The van der Waals surface area contributed by atoms with Crippen molar-refractivity contribution >= 4 is 29.7 Å². The Kier molecular flexibility index (Phi) is 17.1. The quantitative estimate of drug-likeness (QED) is 0.0549. The molecule has 1 heterocycles. The number of nitrogens with zero attached hydrogens (tertiary/aromatic N) is 2. The van der Waals surface area contributed by atoms with E-state index in [2.05, 4.69) is 21.6 Å². The van der Waals surface area contributed by atoms with Crippen molar-refractivity contribution in [2.75, 3.05) is 26.9 Å². The Bertz CT molecular complexity index is 1650. The molecule has 3 aromatic rings. The number of amides is 2. The average Bonchev–Trinajstić information content (AvgIpc) is 3.69. The van der Waals surface area contributed by atoms with Crippen molar-refractivity contribution in [2.24, 2.45) is 4.99 Å². The Morgan fingerprint density at radius 3 is 2.28 bits per heavy atom. The number of aliphatic imine (C=N–C) groups is 1. The molecule has 2 amide bonds. The van der Waals surface area contributed by atoms with Gasteiger partial charge in [-0.1, -0.05) is 91.9 Å². The van der Waals surface area contributed by atoms with Crippen LogP contribution in [0.5, 0.6) is 5.75 Å². The zero-order chi connectivity index (χ0) is 37.7. The van der Waals surface area contributed by atoms with Gasteiger partial charge in [-0.3, -0.25) is 19.2 Å². The van der Waals surface area contributed by atoms with Gasteiger partial charge >= 0.3 is 11.9 Å². The summed E-state index contributed by atoms with van der Waals surface area (Å²) in [7, 11) is 1.36. The van der Waals surface area contributed by atoms with Crippen LogP contribution in [0, 0.1) is 0 Å². The molecule has 0 bridgehead atoms. The predicted molar refractivity (Wildman–Crippen MR) is 198 cm³/mol. The molecular formula is C41H49N3O9. The van der Waals surface area contributed by atoms with E-state index < -0.39 is 24.0 Å². The van der Waals surface area contributed by atoms with Crippen LogP contribution < -0.4 is 10.1 Å². The molecule has 2 atom stereocenters. The van der Waals surface area contributed by atoms with Crippen LogP contribution in [0.4, 0.5) is 0 Å². The minimum Gasteiger partial charge on any atom is -0.488 e. The Morgan fingerprint density at radius 2 is 1.57 bits per heavy atom. The molecule has 0 spiro atoms. The van der Waals surface area contributed by atoms with Gasteiger partial charge in [0.25, 0.3) is 0 Å². The van der Waals surface area contributed by atoms with Gasteiger partial charge < -0.3 is 24.3 Å². The molecule has 0 aromatic heterocycles. The van der Waals surface area contributed by atoms with E-state index in [-0.39, 0.29) is 57.0 Å². The van der Waals surface area contributed by atoms with Crippen molar-refractivity contribution in [3.8, 4) is 5.75 Å². The van der Waals surface area contributed by atoms with Gasteiger partial charge in [0.15, 0.2) is 6.04 Å². The first-order chi connectivity index (χ1) is 25.9. The Labute approximate surface area is 311 Å². The second kappa shape index (κ2) is 22.4. The molecule has 12 heteroatoms. The minimum atomic E-state index is -0.951. The molecule has 0 unspecified atom stereocenters. The molecule has 53 heavy (non-hydrogen) atoms. The lowest BCUT2D eigenvalue weighted by atomic mass is 10.1. The minimum absolute atomic E-state index is 0.00112. The number of rotatable bonds is 23. The van der Waals surface area contributed by atoms with Gasteiger partial charge in [-0.05, 0) is 55.4 Å². The number of nitrogens with one attached hydrogen (secondary N) is 1. The van der Waals surface area contributed by atoms with Gasteiger partial charge in [0.1, 0.15) is 38.2 Å². The summed E-state index contributed by atoms with van der Waals surface area (Å²) < 4.78 is 21.9. The van der Waals surface area contributed by atoms with E-state index in [1.165, 1.54) is 18.2 Å². The van der Waals surface area contributed by atoms with Crippen LogP contribution >= 0.6 is 0 Å². The van der Waals surface area contributed by atoms with Gasteiger partial charge in [-0.25, -0.2) is 14.9 Å². The van der Waals surface area contributed by atoms with Crippen molar-refractivity contribution in [2.45, 2.75) is 76.7 Å². The first-order valence-electron chi connectivity index (χ1n) is 18.0. The highest BCUT2D eigenvalue weighted by Gasteiger charge is 2.31. The van der Waals surface area contributed by atoms with Gasteiger partial charge in [0, 0.05) is 19.4 Å². The highest BCUT2D eigenvalue weighted by atomic mass is 16.7. The van der Waals surface area contributed by atoms with E-state index in [9.17, 15) is 19.2 Å². The molecule has 1 aliphatic heterocycles. The number of benzene rings is 3. The molecule has 4 rings (SSSR count). The summed E-state index contributed by atoms with van der Waals surface area (Å²) in [5, 5.41) is 4.17. The number of para-hydroxylation sites is 1. The average molecular weight is 728 g/mol. The molecule has 0 radical (unpaired) electrons. The second-order valence-corrected chi connectivity index (χ2v) is 12.4. The molecule has 0 aliphatic carbocycles. The van der Waals surface area contributed by atoms with E-state index in [0.29, 0.717) is 56.4 Å². The van der Waals surface area contributed by atoms with Crippen molar-refractivity contribution < 1.29 is 43.0 Å². The number of unbranched alkanes of at least 4 members (excludes halogenated alkanes) is 3. The summed E-state index contributed by atoms with van der Waals surface area (Å²) in [5.74, 6) is -0.660. The maximum atomic E-state index is 13.4. The number of methoxy groups -OCH3 is 1. The SMILES string of the molecule is C=CCOC(=O)[C@H](CCCCN(OCc1ccccc1)C(=O)CCCCCC(=O)OC)NC(=O)[C@@H]1COC(c2ccccc2OCc2ccccc2)=N1. The van der Waals surface area contributed by atoms with Gasteiger partial charge in [0.05, 0.1) is 12.7 Å². The normalized spacial score (nSPS) is 13.9. The van der Waals surface area contributed by atoms with Crippen LogP contribution in [0.2, 0.25) is 0 Å². The van der Waals surface area contributed by atoms with Gasteiger partial charge in [0.2, 0.25) is 17.7 Å². The standard InChI is InChI=1S/C41H49N3O9/c1-3-27-50-41(48)34(22-15-16-26-44(53-29-32-19-9-5-10-20-32)37(45)24-11-6-12-25-38(46)49-2)42-39(47)35-30-52-40(43-35)33-21-13-14-23-36(33)51-28-31-17-7-4-8-18-31/h3-5,7-10,13-14,17-21,23,34-35H,1,6,11-12,15-16,22,24-30H2,2H3,(H,42,47)/t34-,35-/m0/s1. The summed E-state index contributed by atoms with van der Waals surface area (Å²) in [6, 6.07) is 24.8. The first kappa shape index (κ1) is 40.3. The number of hydrogen-bond acceptors (Lipinski definition) is 10. The van der Waals surface area contributed by atoms with Crippen molar-refractivity contribution in [1.82, 2.24) is 10.4 Å². The van der Waals surface area contributed by atoms with Crippen LogP contribution in [-0.4, -0.2) is 73.7 Å². The summed E-state index contributed by atoms with van der Waals surface area (Å²) in [6.45, 7) is 4.46. The smallest absolute Gasteiger partial charge is 0.328 e. The molecule has 0 saturated carbocycles. The van der Waals surface area contributed by atoms with E-state index in [1.54, 1.807) is 0 Å². The molecule has 3 aromatic carbocycles. The summed E-state index contributed by atoms with van der Waals surface area (Å²) in [5.41, 5.74) is 2.54. The fourth-order valence-electron chi connectivity index (χ4n) is 5.46. The Morgan fingerprint density at radius 1 is 0.887 bits per heavy atom. The predicted octanol–water partition coefficient (Wildman–Crippen LogP) is 5.88. The van der Waals surface area contributed by atoms with Crippen LogP contribution in [0.15, 0.2) is 103 Å². The maximum absolute atomic E-state index is 13.4. The maximum Gasteiger partial charge on any atom is 0.328 e. The number of ether oxygens (including phenoxy) is 4. The Balaban J connectivity index is 1.33. The third-order valence-corrected chi connectivity index (χ3v) is 8.36. The number of hydrogen-bond donors (Lipinski definition) is 1. The number of hydroxylamine groups is 2. The van der Waals surface area contributed by atoms with Crippen LogP contribution in [0.3, 0.4) is 0 Å². The molecular weight excluding hydrogens is 678 g/mol. The number of carbonyl (C=O) groups is 4. The van der Waals surface area contributed by atoms with Crippen molar-refractivity contribution in [3.05, 3.63) is 114 Å². The number of esters is 2. The number of carbonyl (C=O) groups excluding carboxylic acids is 4. The lowest BCUT2D eigenvalue weighted by molar-refractivity contribution is -0.192. The van der Waals surface area contributed by atoms with Crippen LogP contribution in [0.1, 0.15) is 68.1 Å². The van der Waals surface area contributed by atoms with E-state index in [4.69, 9.17) is 19.0 Å². The van der Waals surface area contributed by atoms with E-state index >= 15 is 0 Å². The summed E-state index contributed by atoms with van der Waals surface area (Å²) in [6.07, 6.45) is 5.21. The molecule has 0 fully saturated rings. The summed E-state index contributed by atoms with van der Waals surface area (Å²) in [4.78, 5) is 61.4. The van der Waals surface area contributed by atoms with Gasteiger partial charge in [-0.15, -0.1) is 0 Å². The summed E-state index contributed by atoms with van der Waals surface area (Å²) >= 11 is 0. The van der Waals surface area contributed by atoms with Crippen molar-refractivity contribution in [1.29, 1.82) is 0 Å². The van der Waals surface area contributed by atoms with Crippen LogP contribution in [0.25, 0.3) is 0 Å². The molecule has 12 nitrogen and oxygen atoms in total. The van der Waals surface area contributed by atoms with Crippen molar-refractivity contribution in [3.63, 3.8) is 0 Å². The zero-order valence-electron chi connectivity index (χ0n) is 30.3. The van der Waals surface area contributed by atoms with Crippen LogP contribution in [-0.2, 0) is 51.4 Å². The van der Waals surface area contributed by atoms with E-state index in [1.807, 2.05) is 84.9 Å². The zero-order valence-corrected chi connectivity index (χ0v) is 30.3.